The molecule has 0 fully saturated rings. The van der Waals surface area contributed by atoms with Crippen molar-refractivity contribution in [2.24, 2.45) is 0 Å². The number of nitrogens with one attached hydrogen (secondary N) is 1. The average Bonchev–Trinajstić information content (AvgIpc) is 2.30. The Bertz CT molecular complexity index is 504. The summed E-state index contributed by atoms with van der Waals surface area (Å²) in [4.78, 5) is 25.9. The fourth-order valence-corrected chi connectivity index (χ4v) is 2.81. The van der Waals surface area contributed by atoms with E-state index in [1.54, 1.807) is 12.3 Å². The van der Waals surface area contributed by atoms with Gasteiger partial charge in [-0.2, -0.15) is 0 Å². The Morgan fingerprint density at radius 3 is 2.74 bits per heavy atom. The first kappa shape index (κ1) is 15.3. The van der Waals surface area contributed by atoms with Crippen molar-refractivity contribution in [3.05, 3.63) is 29.6 Å². The molecule has 2 N–H and O–H groups in total. The van der Waals surface area contributed by atoms with Crippen LogP contribution in [0.3, 0.4) is 0 Å². The molecule has 0 saturated heterocycles. The minimum Gasteiger partial charge on any atom is -0.480 e. The number of rotatable bonds is 6. The van der Waals surface area contributed by atoms with Gasteiger partial charge in [0.2, 0.25) is 5.91 Å². The summed E-state index contributed by atoms with van der Waals surface area (Å²) in [6.07, 6.45) is 1.60. The van der Waals surface area contributed by atoms with Crippen molar-refractivity contribution in [1.82, 2.24) is 10.3 Å². The van der Waals surface area contributed by atoms with E-state index in [9.17, 15) is 13.8 Å². The van der Waals surface area contributed by atoms with Crippen LogP contribution in [0.2, 0.25) is 0 Å². The molecule has 1 aromatic rings. The number of carbonyl (C=O) groups is 2. The van der Waals surface area contributed by atoms with Gasteiger partial charge in [-0.1, -0.05) is 6.07 Å². The predicted octanol–water partition coefficient (Wildman–Crippen LogP) is 0.228. The van der Waals surface area contributed by atoms with Crippen molar-refractivity contribution in [3.8, 4) is 0 Å². The first-order chi connectivity index (χ1) is 8.90. The molecule has 0 aromatic carbocycles. The molecule has 1 heterocycles. The second kappa shape index (κ2) is 6.98. The van der Waals surface area contributed by atoms with Gasteiger partial charge in [-0.25, -0.2) is 4.79 Å². The molecule has 2 atom stereocenters. The van der Waals surface area contributed by atoms with Gasteiger partial charge in [-0.3, -0.25) is 14.0 Å². The molecule has 7 heteroatoms. The Labute approximate surface area is 113 Å². The SMILES string of the molecule is CC(=O)N[C@@H](CS(=O)Cc1ncccc1C)C(=O)O. The number of aliphatic carboxylic acids is 1. The largest absolute Gasteiger partial charge is 0.480 e. The predicted molar refractivity (Wildman–Crippen MR) is 70.9 cm³/mol. The first-order valence-corrected chi connectivity index (χ1v) is 7.14. The lowest BCUT2D eigenvalue weighted by molar-refractivity contribution is -0.140. The Morgan fingerprint density at radius 1 is 1.53 bits per heavy atom. The molecule has 19 heavy (non-hydrogen) atoms. The van der Waals surface area contributed by atoms with Crippen LogP contribution in [-0.4, -0.2) is 38.0 Å². The summed E-state index contributed by atoms with van der Waals surface area (Å²) in [7, 11) is -1.41. The van der Waals surface area contributed by atoms with Crippen molar-refractivity contribution in [2.45, 2.75) is 25.6 Å². The normalized spacial score (nSPS) is 13.6. The first-order valence-electron chi connectivity index (χ1n) is 5.65. The number of aryl methyl sites for hydroxylation is 1. The third kappa shape index (κ3) is 5.17. The molecule has 104 valence electrons. The van der Waals surface area contributed by atoms with Gasteiger partial charge in [-0.15, -0.1) is 0 Å². The fourth-order valence-electron chi connectivity index (χ4n) is 1.49. The smallest absolute Gasteiger partial charge is 0.327 e. The van der Waals surface area contributed by atoms with Crippen molar-refractivity contribution >= 4 is 22.7 Å². The number of aromatic nitrogens is 1. The molecule has 0 aliphatic carbocycles. The Hall–Kier alpha value is -1.76. The molecule has 0 aliphatic heterocycles. The summed E-state index contributed by atoms with van der Waals surface area (Å²) >= 11 is 0. The highest BCUT2D eigenvalue weighted by Gasteiger charge is 2.21. The number of carboxylic acids is 1. The second-order valence-electron chi connectivity index (χ2n) is 4.11. The third-order valence-corrected chi connectivity index (χ3v) is 3.74. The number of nitrogens with zero attached hydrogens (tertiary/aromatic N) is 1. The summed E-state index contributed by atoms with van der Waals surface area (Å²) in [6.45, 7) is 3.07. The molecular weight excluding hydrogens is 268 g/mol. The molecule has 1 unspecified atom stereocenters. The highest BCUT2D eigenvalue weighted by Crippen LogP contribution is 2.07. The van der Waals surface area contributed by atoms with E-state index in [0.29, 0.717) is 5.69 Å². The van der Waals surface area contributed by atoms with Crippen LogP contribution in [-0.2, 0) is 26.1 Å². The van der Waals surface area contributed by atoms with Crippen LogP contribution in [0.1, 0.15) is 18.2 Å². The highest BCUT2D eigenvalue weighted by atomic mass is 32.2. The van der Waals surface area contributed by atoms with Gasteiger partial charge in [0, 0.05) is 23.9 Å². The van der Waals surface area contributed by atoms with E-state index >= 15 is 0 Å². The summed E-state index contributed by atoms with van der Waals surface area (Å²) in [5, 5.41) is 11.2. The maximum Gasteiger partial charge on any atom is 0.327 e. The molecule has 0 bridgehead atoms. The average molecular weight is 284 g/mol. The standard InChI is InChI=1S/C12H16N2O4S/c1-8-4-3-5-13-10(8)6-19(18)7-11(12(16)17)14-9(2)15/h3-5,11H,6-7H2,1-2H3,(H,14,15)(H,16,17)/t11-,19?/m0/s1. The molecule has 6 nitrogen and oxygen atoms in total. The molecule has 0 radical (unpaired) electrons. The monoisotopic (exact) mass is 284 g/mol. The van der Waals surface area contributed by atoms with Gasteiger partial charge in [0.05, 0.1) is 17.2 Å². The molecular formula is C12H16N2O4S. The van der Waals surface area contributed by atoms with Crippen LogP contribution >= 0.6 is 0 Å². The number of amides is 1. The van der Waals surface area contributed by atoms with Gasteiger partial charge in [-0.05, 0) is 18.6 Å². The van der Waals surface area contributed by atoms with Crippen LogP contribution in [0.15, 0.2) is 18.3 Å². The minimum absolute atomic E-state index is 0.134. The van der Waals surface area contributed by atoms with Crippen LogP contribution < -0.4 is 5.32 Å². The minimum atomic E-state index is -1.41. The summed E-state index contributed by atoms with van der Waals surface area (Å²) < 4.78 is 11.9. The van der Waals surface area contributed by atoms with E-state index in [-0.39, 0.29) is 11.5 Å². The lowest BCUT2D eigenvalue weighted by Crippen LogP contribution is -2.43. The lowest BCUT2D eigenvalue weighted by Gasteiger charge is -2.13. The van der Waals surface area contributed by atoms with Gasteiger partial charge in [0.15, 0.2) is 0 Å². The molecule has 1 aromatic heterocycles. The van der Waals surface area contributed by atoms with E-state index < -0.39 is 28.7 Å². The van der Waals surface area contributed by atoms with Gasteiger partial charge < -0.3 is 10.4 Å². The number of hydrogen-bond donors (Lipinski definition) is 2. The number of carbonyl (C=O) groups excluding carboxylic acids is 1. The highest BCUT2D eigenvalue weighted by molar-refractivity contribution is 7.84. The second-order valence-corrected chi connectivity index (χ2v) is 5.61. The Morgan fingerprint density at radius 2 is 2.21 bits per heavy atom. The maximum absolute atomic E-state index is 11.9. The van der Waals surface area contributed by atoms with Crippen molar-refractivity contribution in [1.29, 1.82) is 0 Å². The van der Waals surface area contributed by atoms with E-state index in [4.69, 9.17) is 5.11 Å². The molecule has 0 aliphatic rings. The van der Waals surface area contributed by atoms with E-state index in [0.717, 1.165) is 5.56 Å². The van der Waals surface area contributed by atoms with Crippen molar-refractivity contribution in [3.63, 3.8) is 0 Å². The molecule has 0 spiro atoms. The Kier molecular flexibility index (Phi) is 5.62. The number of pyridine rings is 1. The topological polar surface area (TPSA) is 96.4 Å². The third-order valence-electron chi connectivity index (χ3n) is 2.44. The number of hydrogen-bond acceptors (Lipinski definition) is 4. The van der Waals surface area contributed by atoms with E-state index in [2.05, 4.69) is 10.3 Å². The summed E-state index contributed by atoms with van der Waals surface area (Å²) in [6, 6.07) is 2.49. The zero-order valence-electron chi connectivity index (χ0n) is 10.8. The Balaban J connectivity index is 2.65. The number of carboxylic acid groups (broad SMARTS) is 1. The van der Waals surface area contributed by atoms with Crippen molar-refractivity contribution < 1.29 is 18.9 Å². The maximum atomic E-state index is 11.9. The van der Waals surface area contributed by atoms with Gasteiger partial charge in [0.25, 0.3) is 0 Å². The van der Waals surface area contributed by atoms with Crippen LogP contribution in [0.5, 0.6) is 0 Å². The van der Waals surface area contributed by atoms with Gasteiger partial charge >= 0.3 is 5.97 Å². The van der Waals surface area contributed by atoms with Crippen LogP contribution in [0.4, 0.5) is 0 Å². The van der Waals surface area contributed by atoms with E-state index in [1.807, 2.05) is 13.0 Å². The summed E-state index contributed by atoms with van der Waals surface area (Å²) in [5.74, 6) is -1.61. The summed E-state index contributed by atoms with van der Waals surface area (Å²) in [5.41, 5.74) is 1.58. The zero-order valence-corrected chi connectivity index (χ0v) is 11.6. The van der Waals surface area contributed by atoms with Crippen molar-refractivity contribution in [2.75, 3.05) is 5.75 Å². The van der Waals surface area contributed by atoms with E-state index in [1.165, 1.54) is 6.92 Å². The molecule has 1 amide bonds. The molecule has 0 saturated carbocycles. The van der Waals surface area contributed by atoms with Crippen LogP contribution in [0.25, 0.3) is 0 Å². The van der Waals surface area contributed by atoms with Gasteiger partial charge in [0.1, 0.15) is 6.04 Å². The van der Waals surface area contributed by atoms with Crippen LogP contribution in [0, 0.1) is 6.92 Å². The quantitative estimate of drug-likeness (QED) is 0.779. The fraction of sp³-hybridized carbons (Fsp3) is 0.417. The zero-order chi connectivity index (χ0) is 14.4. The lowest BCUT2D eigenvalue weighted by atomic mass is 10.2. The molecule has 1 rings (SSSR count).